The first-order valence-corrected chi connectivity index (χ1v) is 8.51. The van der Waals surface area contributed by atoms with Gasteiger partial charge >= 0.3 is 0 Å². The molecule has 0 spiro atoms. The number of carbonyl (C=O) groups is 1. The second kappa shape index (κ2) is 6.99. The molecule has 0 fully saturated rings. The zero-order valence-corrected chi connectivity index (χ0v) is 14.1. The lowest BCUT2D eigenvalue weighted by molar-refractivity contribution is 0.0945. The Bertz CT molecular complexity index is 788. The summed E-state index contributed by atoms with van der Waals surface area (Å²) in [6, 6.07) is 12.4. The first-order valence-electron chi connectivity index (χ1n) is 6.65. The van der Waals surface area contributed by atoms with Gasteiger partial charge in [-0.3, -0.25) is 10.2 Å². The molecule has 0 unspecified atom stereocenters. The summed E-state index contributed by atoms with van der Waals surface area (Å²) in [4.78, 5) is 15.9. The van der Waals surface area contributed by atoms with Crippen molar-refractivity contribution in [1.82, 2.24) is 10.3 Å². The SMILES string of the molecule is CN(C)c1ccc(C(=O)NNS(=O)(=O)c2ccc(Cl)cc2)cc1. The summed E-state index contributed by atoms with van der Waals surface area (Å²) in [6.45, 7) is 0. The fourth-order valence-electron chi connectivity index (χ4n) is 1.77. The van der Waals surface area contributed by atoms with E-state index >= 15 is 0 Å². The van der Waals surface area contributed by atoms with Crippen molar-refractivity contribution in [3.8, 4) is 0 Å². The number of hydrazine groups is 1. The van der Waals surface area contributed by atoms with Gasteiger partial charge in [-0.25, -0.2) is 8.42 Å². The van der Waals surface area contributed by atoms with Crippen molar-refractivity contribution in [2.75, 3.05) is 19.0 Å². The maximum absolute atomic E-state index is 12.0. The van der Waals surface area contributed by atoms with E-state index in [1.54, 1.807) is 24.3 Å². The van der Waals surface area contributed by atoms with Crippen molar-refractivity contribution in [3.05, 3.63) is 59.1 Å². The van der Waals surface area contributed by atoms with Crippen LogP contribution in [-0.4, -0.2) is 28.4 Å². The minimum atomic E-state index is -3.85. The topological polar surface area (TPSA) is 78.5 Å². The highest BCUT2D eigenvalue weighted by molar-refractivity contribution is 7.89. The van der Waals surface area contributed by atoms with Crippen molar-refractivity contribution in [2.45, 2.75) is 4.90 Å². The van der Waals surface area contributed by atoms with Gasteiger partial charge in [0.25, 0.3) is 15.9 Å². The Labute approximate surface area is 140 Å². The van der Waals surface area contributed by atoms with Crippen LogP contribution in [0.4, 0.5) is 5.69 Å². The summed E-state index contributed by atoms with van der Waals surface area (Å²) in [5.41, 5.74) is 3.45. The van der Waals surface area contributed by atoms with Gasteiger partial charge in [0, 0.05) is 30.4 Å². The largest absolute Gasteiger partial charge is 0.378 e. The first-order chi connectivity index (χ1) is 10.8. The summed E-state index contributed by atoms with van der Waals surface area (Å²) >= 11 is 5.72. The number of halogens is 1. The summed E-state index contributed by atoms with van der Waals surface area (Å²) < 4.78 is 24.1. The normalized spacial score (nSPS) is 11.1. The molecule has 2 rings (SSSR count). The van der Waals surface area contributed by atoms with Crippen LogP contribution in [0.1, 0.15) is 10.4 Å². The van der Waals surface area contributed by atoms with Crippen LogP contribution >= 0.6 is 11.6 Å². The Morgan fingerprint density at radius 3 is 2.09 bits per heavy atom. The molecule has 0 saturated heterocycles. The third-order valence-corrected chi connectivity index (χ3v) is 4.58. The highest BCUT2D eigenvalue weighted by Crippen LogP contribution is 2.14. The van der Waals surface area contributed by atoms with Crippen molar-refractivity contribution in [1.29, 1.82) is 0 Å². The molecule has 122 valence electrons. The number of carbonyl (C=O) groups excluding carboxylic acids is 1. The number of rotatable bonds is 5. The van der Waals surface area contributed by atoms with Crippen LogP contribution in [0, 0.1) is 0 Å². The number of benzene rings is 2. The van der Waals surface area contributed by atoms with E-state index in [4.69, 9.17) is 11.6 Å². The Hall–Kier alpha value is -2.09. The van der Waals surface area contributed by atoms with Crippen molar-refractivity contribution >= 4 is 33.2 Å². The second-order valence-electron chi connectivity index (χ2n) is 4.95. The van der Waals surface area contributed by atoms with E-state index < -0.39 is 15.9 Å². The molecule has 23 heavy (non-hydrogen) atoms. The highest BCUT2D eigenvalue weighted by atomic mass is 35.5. The predicted octanol–water partition coefficient (Wildman–Crippen LogP) is 2.03. The third kappa shape index (κ3) is 4.44. The average Bonchev–Trinajstić information content (AvgIpc) is 2.53. The van der Waals surface area contributed by atoms with Crippen LogP contribution in [0.15, 0.2) is 53.4 Å². The molecule has 0 bridgehead atoms. The van der Waals surface area contributed by atoms with Crippen LogP contribution in [-0.2, 0) is 10.0 Å². The predicted molar refractivity (Wildman–Crippen MR) is 90.0 cm³/mol. The van der Waals surface area contributed by atoms with E-state index in [1.807, 2.05) is 23.8 Å². The van der Waals surface area contributed by atoms with Gasteiger partial charge in [0.2, 0.25) is 0 Å². The van der Waals surface area contributed by atoms with E-state index in [0.717, 1.165) is 5.69 Å². The molecule has 0 radical (unpaired) electrons. The molecule has 0 aromatic heterocycles. The zero-order chi connectivity index (χ0) is 17.0. The highest BCUT2D eigenvalue weighted by Gasteiger charge is 2.15. The molecule has 0 saturated carbocycles. The minimum Gasteiger partial charge on any atom is -0.378 e. The number of anilines is 1. The van der Waals surface area contributed by atoms with Gasteiger partial charge < -0.3 is 4.90 Å². The third-order valence-electron chi connectivity index (χ3n) is 3.07. The van der Waals surface area contributed by atoms with Crippen LogP contribution < -0.4 is 15.2 Å². The lowest BCUT2D eigenvalue weighted by Crippen LogP contribution is -2.41. The van der Waals surface area contributed by atoms with E-state index in [0.29, 0.717) is 10.6 Å². The van der Waals surface area contributed by atoms with Crippen molar-refractivity contribution in [2.24, 2.45) is 0 Å². The molecule has 2 N–H and O–H groups in total. The lowest BCUT2D eigenvalue weighted by Gasteiger charge is -2.13. The van der Waals surface area contributed by atoms with Crippen molar-refractivity contribution < 1.29 is 13.2 Å². The number of amides is 1. The Kier molecular flexibility index (Phi) is 5.25. The molecular formula is C15H16ClN3O3S. The van der Waals surface area contributed by atoms with Gasteiger partial charge in [-0.05, 0) is 48.5 Å². The Morgan fingerprint density at radius 1 is 1.00 bits per heavy atom. The van der Waals surface area contributed by atoms with Crippen molar-refractivity contribution in [3.63, 3.8) is 0 Å². The standard InChI is InChI=1S/C15H16ClN3O3S/c1-19(2)13-7-3-11(4-8-13)15(20)17-18-23(21,22)14-9-5-12(16)6-10-14/h3-10,18H,1-2H3,(H,17,20). The minimum absolute atomic E-state index is 0.00477. The van der Waals surface area contributed by atoms with E-state index in [2.05, 4.69) is 5.43 Å². The van der Waals surface area contributed by atoms with Gasteiger partial charge in [0.15, 0.2) is 0 Å². The average molecular weight is 354 g/mol. The summed E-state index contributed by atoms with van der Waals surface area (Å²) in [7, 11) is -0.0820. The Morgan fingerprint density at radius 2 is 1.57 bits per heavy atom. The molecule has 1 amide bonds. The van der Waals surface area contributed by atoms with Gasteiger partial charge in [-0.15, -0.1) is 4.83 Å². The number of sulfonamides is 1. The maximum atomic E-state index is 12.0. The molecule has 8 heteroatoms. The molecule has 0 aliphatic heterocycles. The molecule has 2 aromatic rings. The number of nitrogens with zero attached hydrogens (tertiary/aromatic N) is 1. The Balaban J connectivity index is 2.04. The fraction of sp³-hybridized carbons (Fsp3) is 0.133. The molecule has 0 aliphatic carbocycles. The molecule has 6 nitrogen and oxygen atoms in total. The molecule has 2 aromatic carbocycles. The van der Waals surface area contributed by atoms with E-state index in [-0.39, 0.29) is 4.90 Å². The molecular weight excluding hydrogens is 338 g/mol. The summed E-state index contributed by atoms with van der Waals surface area (Å²) in [6.07, 6.45) is 0. The van der Waals surface area contributed by atoms with E-state index in [1.165, 1.54) is 24.3 Å². The molecule has 0 atom stereocenters. The summed E-state index contributed by atoms with van der Waals surface area (Å²) in [5, 5.41) is 0.425. The fourth-order valence-corrected chi connectivity index (χ4v) is 2.73. The number of nitrogens with one attached hydrogen (secondary N) is 2. The zero-order valence-electron chi connectivity index (χ0n) is 12.6. The number of hydrogen-bond acceptors (Lipinski definition) is 4. The van der Waals surface area contributed by atoms with Gasteiger partial charge in [0.1, 0.15) is 0 Å². The maximum Gasteiger partial charge on any atom is 0.266 e. The molecule has 0 aliphatic rings. The smallest absolute Gasteiger partial charge is 0.266 e. The summed E-state index contributed by atoms with van der Waals surface area (Å²) in [5.74, 6) is -0.548. The quantitative estimate of drug-likeness (QED) is 0.806. The lowest BCUT2D eigenvalue weighted by atomic mass is 10.2. The first kappa shape index (κ1) is 17.3. The van der Waals surface area contributed by atoms with Crippen LogP contribution in [0.3, 0.4) is 0 Å². The van der Waals surface area contributed by atoms with Crippen LogP contribution in [0.25, 0.3) is 0 Å². The van der Waals surface area contributed by atoms with Gasteiger partial charge in [0.05, 0.1) is 4.90 Å². The molecule has 0 heterocycles. The van der Waals surface area contributed by atoms with Crippen LogP contribution in [0.2, 0.25) is 5.02 Å². The van der Waals surface area contributed by atoms with Gasteiger partial charge in [-0.1, -0.05) is 11.6 Å². The van der Waals surface area contributed by atoms with Crippen LogP contribution in [0.5, 0.6) is 0 Å². The number of hydrogen-bond donors (Lipinski definition) is 2. The van der Waals surface area contributed by atoms with E-state index in [9.17, 15) is 13.2 Å². The monoisotopic (exact) mass is 353 g/mol. The van der Waals surface area contributed by atoms with Gasteiger partial charge in [-0.2, -0.15) is 0 Å². The second-order valence-corrected chi connectivity index (χ2v) is 7.07.